The number of carbonyl (C=O) groups excluding carboxylic acids is 3. The molecule has 192 valence electrons. The second-order valence-electron chi connectivity index (χ2n) is 8.43. The highest BCUT2D eigenvalue weighted by molar-refractivity contribution is 8.01. The lowest BCUT2D eigenvalue weighted by molar-refractivity contribution is -0.161. The molecule has 0 aromatic heterocycles. The first kappa shape index (κ1) is 28.3. The number of carbonyl (C=O) groups is 5. The van der Waals surface area contributed by atoms with Crippen molar-refractivity contribution in [1.82, 2.24) is 15.5 Å². The number of β-lactam (4-membered cyclic amide) rings is 1. The minimum atomic E-state index is -1.06. The van der Waals surface area contributed by atoms with E-state index in [0.717, 1.165) is 0 Å². The molecule has 0 spiro atoms. The molecule has 2 saturated heterocycles. The molecule has 7 N–H and O–H groups in total. The standard InChI is InChI=1S/C16H19N3O5S.C5H9NO3S/c1-16(2)11(15(23)24)19-13(22)10(14(19)25-16)18-12(21)9(17)7-3-5-8(20)6-4-7;1-3(7)6-4(2-10)5(8)9/h3-6,9-11,14,20H,17H2,1-2H3,(H,18,21)(H,23,24);4,10H,2H2,1H3,(H,6,7)(H,8,9)/t9-,10-,11+,14-;/m1./s1. The maximum absolute atomic E-state index is 12.3. The van der Waals surface area contributed by atoms with Crippen molar-refractivity contribution in [2.75, 3.05) is 5.75 Å². The number of fused-ring (bicyclic) bond motifs is 1. The summed E-state index contributed by atoms with van der Waals surface area (Å²) in [6.07, 6.45) is 0. The Morgan fingerprint density at radius 2 is 1.77 bits per heavy atom. The van der Waals surface area contributed by atoms with Gasteiger partial charge in [0.15, 0.2) is 0 Å². The minimum Gasteiger partial charge on any atom is -0.508 e. The van der Waals surface area contributed by atoms with Crippen molar-refractivity contribution in [3.05, 3.63) is 29.8 Å². The van der Waals surface area contributed by atoms with Gasteiger partial charge < -0.3 is 36.6 Å². The third kappa shape index (κ3) is 6.38. The lowest BCUT2D eigenvalue weighted by atomic mass is 9.95. The fourth-order valence-electron chi connectivity index (χ4n) is 3.65. The molecule has 0 bridgehead atoms. The number of hydrogen-bond acceptors (Lipinski definition) is 9. The van der Waals surface area contributed by atoms with Crippen molar-refractivity contribution >= 4 is 54.1 Å². The van der Waals surface area contributed by atoms with Crippen LogP contribution in [0.5, 0.6) is 5.75 Å². The summed E-state index contributed by atoms with van der Waals surface area (Å²) in [6, 6.07) is 2.33. The van der Waals surface area contributed by atoms with E-state index in [9.17, 15) is 34.2 Å². The van der Waals surface area contributed by atoms with Crippen LogP contribution in [0, 0.1) is 0 Å². The van der Waals surface area contributed by atoms with E-state index in [-0.39, 0.29) is 17.4 Å². The molecule has 5 atom stereocenters. The molecule has 3 amide bonds. The van der Waals surface area contributed by atoms with Gasteiger partial charge in [0.1, 0.15) is 35.3 Å². The number of phenols is 1. The molecule has 2 aliphatic rings. The number of benzene rings is 1. The lowest BCUT2D eigenvalue weighted by Gasteiger charge is -2.43. The fraction of sp³-hybridized carbons (Fsp3) is 0.476. The third-order valence-corrected chi connectivity index (χ3v) is 7.30. The Labute approximate surface area is 211 Å². The molecule has 3 rings (SSSR count). The second kappa shape index (κ2) is 11.2. The Balaban J connectivity index is 0.000000367. The van der Waals surface area contributed by atoms with Gasteiger partial charge in [-0.25, -0.2) is 9.59 Å². The predicted octanol–water partition coefficient (Wildman–Crippen LogP) is -0.471. The van der Waals surface area contributed by atoms with Gasteiger partial charge in [-0.3, -0.25) is 14.4 Å². The number of nitrogens with one attached hydrogen (secondary N) is 2. The van der Waals surface area contributed by atoms with E-state index >= 15 is 0 Å². The molecule has 14 heteroatoms. The molecule has 2 fully saturated rings. The number of carboxylic acids is 2. The van der Waals surface area contributed by atoms with Gasteiger partial charge in [0.25, 0.3) is 0 Å². The normalized spacial score (nSPS) is 23.5. The number of thiol groups is 1. The molecular weight excluding hydrogens is 500 g/mol. The van der Waals surface area contributed by atoms with Gasteiger partial charge in [-0.2, -0.15) is 12.6 Å². The van der Waals surface area contributed by atoms with Crippen molar-refractivity contribution in [1.29, 1.82) is 0 Å². The van der Waals surface area contributed by atoms with Crippen LogP contribution in [0.1, 0.15) is 32.4 Å². The Hall–Kier alpha value is -2.97. The number of phenolic OH excluding ortho intramolecular Hbond substituents is 1. The summed E-state index contributed by atoms with van der Waals surface area (Å²) in [4.78, 5) is 58.0. The average Bonchev–Trinajstić information content (AvgIpc) is 3.03. The summed E-state index contributed by atoms with van der Waals surface area (Å²) in [7, 11) is 0. The maximum Gasteiger partial charge on any atom is 0.327 e. The van der Waals surface area contributed by atoms with Gasteiger partial charge in [-0.15, -0.1) is 11.8 Å². The lowest BCUT2D eigenvalue weighted by Crippen LogP contribution is -2.71. The van der Waals surface area contributed by atoms with E-state index in [4.69, 9.17) is 10.8 Å². The van der Waals surface area contributed by atoms with Gasteiger partial charge >= 0.3 is 11.9 Å². The molecule has 2 heterocycles. The smallest absolute Gasteiger partial charge is 0.327 e. The Bertz CT molecular complexity index is 1000. The average molecular weight is 529 g/mol. The summed E-state index contributed by atoms with van der Waals surface area (Å²) in [5, 5.41) is 31.4. The molecule has 0 radical (unpaired) electrons. The van der Waals surface area contributed by atoms with Gasteiger partial charge in [0, 0.05) is 17.4 Å². The summed E-state index contributed by atoms with van der Waals surface area (Å²) in [5.74, 6) is -3.26. The summed E-state index contributed by atoms with van der Waals surface area (Å²) >= 11 is 5.09. The number of aromatic hydroxyl groups is 1. The van der Waals surface area contributed by atoms with E-state index < -0.39 is 58.0 Å². The highest BCUT2D eigenvalue weighted by Crippen LogP contribution is 2.50. The molecular formula is C21H28N4O8S2. The van der Waals surface area contributed by atoms with Crippen molar-refractivity contribution in [3.63, 3.8) is 0 Å². The van der Waals surface area contributed by atoms with Crippen LogP contribution in [0.15, 0.2) is 24.3 Å². The molecule has 12 nitrogen and oxygen atoms in total. The quantitative estimate of drug-likeness (QED) is 0.179. The van der Waals surface area contributed by atoms with Crippen LogP contribution in [-0.2, 0) is 24.0 Å². The Morgan fingerprint density at radius 3 is 2.20 bits per heavy atom. The third-order valence-electron chi connectivity index (χ3n) is 5.37. The zero-order chi connectivity index (χ0) is 26.7. The largest absolute Gasteiger partial charge is 0.508 e. The molecule has 1 aromatic carbocycles. The molecule has 1 aromatic rings. The maximum atomic E-state index is 12.3. The number of rotatable bonds is 7. The van der Waals surface area contributed by atoms with Gasteiger partial charge in [-0.1, -0.05) is 12.1 Å². The molecule has 35 heavy (non-hydrogen) atoms. The topological polar surface area (TPSA) is 199 Å². The molecule has 2 aliphatic heterocycles. The number of hydrogen-bond donors (Lipinski definition) is 7. The number of nitrogens with two attached hydrogens (primary N) is 1. The zero-order valence-corrected chi connectivity index (χ0v) is 20.9. The predicted molar refractivity (Wildman–Crippen MR) is 130 cm³/mol. The monoisotopic (exact) mass is 528 g/mol. The van der Waals surface area contributed by atoms with E-state index in [1.54, 1.807) is 13.8 Å². The van der Waals surface area contributed by atoms with Crippen LogP contribution in [0.2, 0.25) is 0 Å². The van der Waals surface area contributed by atoms with Gasteiger partial charge in [-0.05, 0) is 31.5 Å². The van der Waals surface area contributed by atoms with E-state index in [0.29, 0.717) is 5.56 Å². The number of nitrogens with zero attached hydrogens (tertiary/aromatic N) is 1. The first-order valence-corrected chi connectivity index (χ1v) is 11.9. The fourth-order valence-corrected chi connectivity index (χ4v) is 5.53. The number of aliphatic carboxylic acids is 2. The SMILES string of the molecule is CC(=O)NC(CS)C(=O)O.CC1(C)S[C@@H]2[C@H](NC(=O)[C@H](N)c3ccc(O)cc3)C(=O)N2[C@H]1C(=O)O. The van der Waals surface area contributed by atoms with Gasteiger partial charge in [0.05, 0.1) is 0 Å². The highest BCUT2D eigenvalue weighted by atomic mass is 32.2. The molecule has 0 aliphatic carbocycles. The Morgan fingerprint density at radius 1 is 1.20 bits per heavy atom. The van der Waals surface area contributed by atoms with Crippen LogP contribution < -0.4 is 16.4 Å². The minimum absolute atomic E-state index is 0.0606. The van der Waals surface area contributed by atoms with Crippen LogP contribution in [0.4, 0.5) is 0 Å². The first-order chi connectivity index (χ1) is 16.2. The van der Waals surface area contributed by atoms with Crippen LogP contribution in [-0.4, -0.2) is 83.9 Å². The number of thioether (sulfide) groups is 1. The molecule has 0 saturated carbocycles. The zero-order valence-electron chi connectivity index (χ0n) is 19.2. The highest BCUT2D eigenvalue weighted by Gasteiger charge is 2.64. The number of carboxylic acid groups (broad SMARTS) is 2. The van der Waals surface area contributed by atoms with E-state index in [2.05, 4.69) is 23.3 Å². The van der Waals surface area contributed by atoms with Crippen LogP contribution in [0.3, 0.4) is 0 Å². The number of amides is 3. The summed E-state index contributed by atoms with van der Waals surface area (Å²) in [5.41, 5.74) is 6.41. The Kier molecular flexibility index (Phi) is 9.03. The van der Waals surface area contributed by atoms with Crippen molar-refractivity contribution in [3.8, 4) is 5.75 Å². The van der Waals surface area contributed by atoms with Crippen molar-refractivity contribution < 1.29 is 39.3 Å². The van der Waals surface area contributed by atoms with Gasteiger partial charge in [0.2, 0.25) is 17.7 Å². The summed E-state index contributed by atoms with van der Waals surface area (Å²) < 4.78 is -0.648. The molecule has 1 unspecified atom stereocenters. The van der Waals surface area contributed by atoms with E-state index in [1.165, 1.54) is 47.9 Å². The summed E-state index contributed by atoms with van der Waals surface area (Å²) in [6.45, 7) is 4.80. The van der Waals surface area contributed by atoms with Crippen LogP contribution >= 0.6 is 24.4 Å². The first-order valence-electron chi connectivity index (χ1n) is 10.4. The van der Waals surface area contributed by atoms with Crippen molar-refractivity contribution in [2.45, 2.75) is 55.1 Å². The van der Waals surface area contributed by atoms with Crippen molar-refractivity contribution in [2.24, 2.45) is 5.73 Å². The van der Waals surface area contributed by atoms with E-state index in [1.807, 2.05) is 0 Å². The second-order valence-corrected chi connectivity index (χ2v) is 10.6. The van der Waals surface area contributed by atoms with Crippen LogP contribution in [0.25, 0.3) is 0 Å².